The van der Waals surface area contributed by atoms with Gasteiger partial charge < -0.3 is 19.6 Å². The van der Waals surface area contributed by atoms with E-state index < -0.39 is 0 Å². The summed E-state index contributed by atoms with van der Waals surface area (Å²) in [6, 6.07) is 0.332. The van der Waals surface area contributed by atoms with Crippen LogP contribution in [0.25, 0.3) is 0 Å². The van der Waals surface area contributed by atoms with Crippen molar-refractivity contribution in [2.24, 2.45) is 10.4 Å². The third kappa shape index (κ3) is 7.12. The van der Waals surface area contributed by atoms with E-state index in [0.717, 1.165) is 44.6 Å². The SMILES string of the molecule is C=C(/N=C(\C(CC)=C(/C)CC)N1CCCCCC1CCO)OCC1(CN(C)C)CC1. The van der Waals surface area contributed by atoms with Gasteiger partial charge in [-0.25, -0.2) is 0 Å². The second-order valence-corrected chi connectivity index (χ2v) is 9.53. The summed E-state index contributed by atoms with van der Waals surface area (Å²) >= 11 is 0. The van der Waals surface area contributed by atoms with E-state index in [1.54, 1.807) is 0 Å². The highest BCUT2D eigenvalue weighted by Gasteiger charge is 2.44. The van der Waals surface area contributed by atoms with E-state index in [9.17, 15) is 5.11 Å². The van der Waals surface area contributed by atoms with Crippen molar-refractivity contribution in [1.29, 1.82) is 0 Å². The summed E-state index contributed by atoms with van der Waals surface area (Å²) in [5, 5.41) is 9.67. The molecule has 0 aromatic heterocycles. The molecule has 1 unspecified atom stereocenters. The zero-order chi connectivity index (χ0) is 22.1. The van der Waals surface area contributed by atoms with Crippen LogP contribution in [0.4, 0.5) is 0 Å². The molecule has 0 aromatic carbocycles. The van der Waals surface area contributed by atoms with E-state index in [2.05, 4.69) is 51.2 Å². The highest BCUT2D eigenvalue weighted by molar-refractivity contribution is 5.99. The fraction of sp³-hybridized carbons (Fsp3) is 0.800. The fourth-order valence-electron chi connectivity index (χ4n) is 4.66. The third-order valence-corrected chi connectivity index (χ3v) is 6.66. The van der Waals surface area contributed by atoms with Crippen molar-refractivity contribution in [3.63, 3.8) is 0 Å². The van der Waals surface area contributed by atoms with Crippen LogP contribution in [0.3, 0.4) is 0 Å². The minimum absolute atomic E-state index is 0.219. The maximum absolute atomic E-state index is 9.67. The van der Waals surface area contributed by atoms with E-state index in [0.29, 0.717) is 18.5 Å². The Hall–Kier alpha value is -1.33. The first-order chi connectivity index (χ1) is 14.4. The molecule has 0 aromatic rings. The van der Waals surface area contributed by atoms with Gasteiger partial charge in [0.05, 0.1) is 6.61 Å². The lowest BCUT2D eigenvalue weighted by Crippen LogP contribution is -2.42. The summed E-state index contributed by atoms with van der Waals surface area (Å²) in [6.07, 6.45) is 9.93. The van der Waals surface area contributed by atoms with E-state index in [-0.39, 0.29) is 12.0 Å². The summed E-state index contributed by atoms with van der Waals surface area (Å²) < 4.78 is 6.12. The molecule has 5 heteroatoms. The van der Waals surface area contributed by atoms with Crippen molar-refractivity contribution < 1.29 is 9.84 Å². The molecular weight excluding hydrogens is 374 g/mol. The van der Waals surface area contributed by atoms with Crippen LogP contribution in [-0.2, 0) is 4.74 Å². The molecule has 1 saturated heterocycles. The minimum atomic E-state index is 0.219. The Morgan fingerprint density at radius 2 is 1.93 bits per heavy atom. The minimum Gasteiger partial charge on any atom is -0.477 e. The molecule has 2 fully saturated rings. The number of likely N-dealkylation sites (tertiary alicyclic amines) is 1. The van der Waals surface area contributed by atoms with Crippen LogP contribution in [0.5, 0.6) is 0 Å². The molecule has 0 radical (unpaired) electrons. The van der Waals surface area contributed by atoms with Crippen molar-refractivity contribution in [1.82, 2.24) is 9.80 Å². The average Bonchev–Trinajstić information content (AvgIpc) is 3.50. The molecule has 2 rings (SSSR count). The lowest BCUT2D eigenvalue weighted by Gasteiger charge is -2.34. The Balaban J connectivity index is 2.27. The first-order valence-corrected chi connectivity index (χ1v) is 12.0. The molecule has 172 valence electrons. The number of hydrogen-bond donors (Lipinski definition) is 1. The number of amidine groups is 1. The second-order valence-electron chi connectivity index (χ2n) is 9.53. The maximum atomic E-state index is 9.67. The highest BCUT2D eigenvalue weighted by atomic mass is 16.5. The molecule has 0 amide bonds. The summed E-state index contributed by atoms with van der Waals surface area (Å²) in [5.74, 6) is 1.55. The van der Waals surface area contributed by atoms with Crippen molar-refractivity contribution >= 4 is 5.84 Å². The largest absolute Gasteiger partial charge is 0.477 e. The van der Waals surface area contributed by atoms with Gasteiger partial charge in [0.1, 0.15) is 5.84 Å². The van der Waals surface area contributed by atoms with Crippen LogP contribution >= 0.6 is 0 Å². The van der Waals surface area contributed by atoms with E-state index in [1.165, 1.54) is 43.3 Å². The number of hydrogen-bond acceptors (Lipinski definition) is 4. The normalized spacial score (nSPS) is 22.6. The topological polar surface area (TPSA) is 48.3 Å². The van der Waals surface area contributed by atoms with E-state index >= 15 is 0 Å². The summed E-state index contributed by atoms with van der Waals surface area (Å²) in [6.45, 7) is 13.8. The Morgan fingerprint density at radius 1 is 1.20 bits per heavy atom. The molecule has 30 heavy (non-hydrogen) atoms. The highest BCUT2D eigenvalue weighted by Crippen LogP contribution is 2.46. The van der Waals surface area contributed by atoms with Crippen molar-refractivity contribution in [3.8, 4) is 0 Å². The van der Waals surface area contributed by atoms with Crippen LogP contribution in [0, 0.1) is 5.41 Å². The Bertz CT molecular complexity index is 620. The van der Waals surface area contributed by atoms with Gasteiger partial charge in [0.15, 0.2) is 0 Å². The molecule has 0 spiro atoms. The number of aliphatic hydroxyl groups excluding tert-OH is 1. The lowest BCUT2D eigenvalue weighted by atomic mass is 10.0. The molecule has 1 N–H and O–H groups in total. The van der Waals surface area contributed by atoms with Crippen LogP contribution in [0.1, 0.15) is 78.6 Å². The molecule has 1 aliphatic carbocycles. The number of aliphatic hydroxyl groups is 1. The molecule has 1 saturated carbocycles. The van der Waals surface area contributed by atoms with Crippen molar-refractivity contribution in [2.75, 3.05) is 40.4 Å². The number of allylic oxidation sites excluding steroid dienone is 1. The van der Waals surface area contributed by atoms with Crippen molar-refractivity contribution in [2.45, 2.75) is 84.6 Å². The van der Waals surface area contributed by atoms with Crippen LogP contribution in [0.15, 0.2) is 28.6 Å². The van der Waals surface area contributed by atoms with Gasteiger partial charge >= 0.3 is 0 Å². The zero-order valence-corrected chi connectivity index (χ0v) is 20.2. The monoisotopic (exact) mass is 419 g/mol. The standard InChI is InChI=1S/C25H45N3O2/c1-7-20(3)23(8-2)24(28-16-11-9-10-12-22(28)13-17-29)26-21(4)30-19-25(14-15-25)18-27(5)6/h22,29H,4,7-19H2,1-3,5-6H3/b23-20+,26-24+. The van der Waals surface area contributed by atoms with E-state index in [1.807, 2.05) is 0 Å². The molecule has 1 heterocycles. The summed E-state index contributed by atoms with van der Waals surface area (Å²) in [7, 11) is 4.25. The predicted octanol–water partition coefficient (Wildman–Crippen LogP) is 4.98. The Labute approximate surface area is 184 Å². The van der Waals surface area contributed by atoms with Gasteiger partial charge in [0, 0.05) is 31.2 Å². The molecule has 5 nitrogen and oxygen atoms in total. The molecule has 1 atom stereocenters. The quantitative estimate of drug-likeness (QED) is 0.292. The zero-order valence-electron chi connectivity index (χ0n) is 20.2. The van der Waals surface area contributed by atoms with Crippen LogP contribution in [-0.4, -0.2) is 67.2 Å². The Morgan fingerprint density at radius 3 is 2.50 bits per heavy atom. The molecule has 0 bridgehead atoms. The number of rotatable bonds is 11. The van der Waals surface area contributed by atoms with Crippen LogP contribution < -0.4 is 0 Å². The van der Waals surface area contributed by atoms with Crippen LogP contribution in [0.2, 0.25) is 0 Å². The fourth-order valence-corrected chi connectivity index (χ4v) is 4.66. The molecular formula is C25H45N3O2. The second kappa shape index (κ2) is 11.9. The Kier molecular flexibility index (Phi) is 9.89. The van der Waals surface area contributed by atoms with Gasteiger partial charge in [0.25, 0.3) is 0 Å². The predicted molar refractivity (Wildman–Crippen MR) is 127 cm³/mol. The number of aliphatic imine (C=N–C) groups is 1. The average molecular weight is 420 g/mol. The van der Waals surface area contributed by atoms with Gasteiger partial charge in [-0.15, -0.1) is 0 Å². The van der Waals surface area contributed by atoms with Gasteiger partial charge in [-0.2, -0.15) is 4.99 Å². The van der Waals surface area contributed by atoms with Gasteiger partial charge in [-0.3, -0.25) is 0 Å². The molecule has 2 aliphatic rings. The summed E-state index contributed by atoms with van der Waals surface area (Å²) in [4.78, 5) is 9.69. The van der Waals surface area contributed by atoms with Gasteiger partial charge in [-0.1, -0.05) is 32.3 Å². The number of ether oxygens (including phenoxy) is 1. The molecule has 1 aliphatic heterocycles. The van der Waals surface area contributed by atoms with Gasteiger partial charge in [-0.05, 0) is 78.1 Å². The number of nitrogens with zero attached hydrogens (tertiary/aromatic N) is 3. The first-order valence-electron chi connectivity index (χ1n) is 12.0. The van der Waals surface area contributed by atoms with Crippen molar-refractivity contribution in [3.05, 3.63) is 23.6 Å². The summed E-state index contributed by atoms with van der Waals surface area (Å²) in [5.41, 5.74) is 2.95. The third-order valence-electron chi connectivity index (χ3n) is 6.66. The van der Waals surface area contributed by atoms with E-state index in [4.69, 9.17) is 9.73 Å². The lowest BCUT2D eigenvalue weighted by molar-refractivity contribution is 0.131. The maximum Gasteiger partial charge on any atom is 0.207 e. The smallest absolute Gasteiger partial charge is 0.207 e. The first kappa shape index (κ1) is 24.9. The van der Waals surface area contributed by atoms with Gasteiger partial charge in [0.2, 0.25) is 5.88 Å².